The minimum Gasteiger partial charge on any atom is -0.368 e. The minimum atomic E-state index is -0.501. The molecule has 114 valence electrons. The lowest BCUT2D eigenvalue weighted by atomic mass is 9.72. The highest BCUT2D eigenvalue weighted by Crippen LogP contribution is 2.38. The van der Waals surface area contributed by atoms with Crippen LogP contribution in [-0.2, 0) is 16.8 Å². The summed E-state index contributed by atoms with van der Waals surface area (Å²) in [6.07, 6.45) is 6.93. The molecule has 0 bridgehead atoms. The predicted molar refractivity (Wildman–Crippen MR) is 77.2 cm³/mol. The summed E-state index contributed by atoms with van der Waals surface area (Å²) < 4.78 is 11.1. The van der Waals surface area contributed by atoms with Crippen LogP contribution in [-0.4, -0.2) is 23.3 Å². The van der Waals surface area contributed by atoms with Crippen molar-refractivity contribution >= 4 is 0 Å². The van der Waals surface area contributed by atoms with E-state index in [1.807, 2.05) is 20.8 Å². The Balaban J connectivity index is 2.08. The molecule has 0 aromatic carbocycles. The average Bonchev–Trinajstić information content (AvgIpc) is 2.89. The Morgan fingerprint density at radius 2 is 2.00 bits per heavy atom. The van der Waals surface area contributed by atoms with Crippen LogP contribution >= 0.6 is 0 Å². The molecule has 0 radical (unpaired) electrons. The fourth-order valence-electron chi connectivity index (χ4n) is 3.07. The topological polar surface area (TPSA) is 74.2 Å². The molecule has 1 fully saturated rings. The van der Waals surface area contributed by atoms with Gasteiger partial charge in [0.1, 0.15) is 5.60 Å². The van der Waals surface area contributed by atoms with E-state index >= 15 is 0 Å². The van der Waals surface area contributed by atoms with Gasteiger partial charge in [-0.15, -0.1) is 0 Å². The molecule has 1 aromatic heterocycles. The number of hydrogen-bond acceptors (Lipinski definition) is 5. The first-order valence-corrected chi connectivity index (χ1v) is 7.68. The summed E-state index contributed by atoms with van der Waals surface area (Å²) in [6, 6.07) is 0. The van der Waals surface area contributed by atoms with E-state index in [4.69, 9.17) is 15.0 Å². The monoisotopic (exact) mass is 281 g/mol. The first-order valence-electron chi connectivity index (χ1n) is 7.68. The van der Waals surface area contributed by atoms with E-state index in [2.05, 4.69) is 10.1 Å². The normalized spacial score (nSPS) is 19.2. The lowest BCUT2D eigenvalue weighted by Gasteiger charge is -2.34. The Hall–Kier alpha value is -0.940. The van der Waals surface area contributed by atoms with Gasteiger partial charge in [0.25, 0.3) is 0 Å². The second-order valence-corrected chi connectivity index (χ2v) is 6.40. The summed E-state index contributed by atoms with van der Waals surface area (Å²) in [4.78, 5) is 4.53. The maximum atomic E-state index is 6.01. The van der Waals surface area contributed by atoms with Gasteiger partial charge >= 0.3 is 0 Å². The molecular weight excluding hydrogens is 254 g/mol. The zero-order valence-electron chi connectivity index (χ0n) is 12.9. The van der Waals surface area contributed by atoms with Crippen LogP contribution < -0.4 is 5.73 Å². The highest BCUT2D eigenvalue weighted by Gasteiger charge is 2.34. The second kappa shape index (κ2) is 6.22. The first-order chi connectivity index (χ1) is 9.51. The number of ether oxygens (including phenoxy) is 1. The molecule has 1 saturated carbocycles. The molecule has 20 heavy (non-hydrogen) atoms. The third kappa shape index (κ3) is 3.38. The number of nitrogens with two attached hydrogens (primary N) is 1. The number of aromatic nitrogens is 2. The lowest BCUT2D eigenvalue weighted by Crippen LogP contribution is -2.35. The van der Waals surface area contributed by atoms with Gasteiger partial charge in [0.15, 0.2) is 0 Å². The van der Waals surface area contributed by atoms with Crippen LogP contribution in [0.1, 0.15) is 64.6 Å². The predicted octanol–water partition coefficient (Wildman–Crippen LogP) is 2.79. The van der Waals surface area contributed by atoms with Crippen molar-refractivity contribution in [3.05, 3.63) is 11.7 Å². The fraction of sp³-hybridized carbons (Fsp3) is 0.867. The van der Waals surface area contributed by atoms with Gasteiger partial charge in [0.05, 0.1) is 0 Å². The molecule has 0 amide bonds. The summed E-state index contributed by atoms with van der Waals surface area (Å²) >= 11 is 0. The molecule has 0 aliphatic heterocycles. The highest BCUT2D eigenvalue weighted by atomic mass is 16.5. The van der Waals surface area contributed by atoms with Gasteiger partial charge in [-0.3, -0.25) is 0 Å². The molecule has 0 spiro atoms. The standard InChI is InChI=1S/C15H27N3O2/c1-4-19-14(2,3)13-17-12(20-18-13)10-15(11-16)8-6-5-7-9-15/h4-11,16H2,1-3H3. The van der Waals surface area contributed by atoms with Crippen LogP contribution in [0.15, 0.2) is 4.52 Å². The number of hydrogen-bond donors (Lipinski definition) is 1. The number of nitrogens with zero attached hydrogens (tertiary/aromatic N) is 2. The average molecular weight is 281 g/mol. The van der Waals surface area contributed by atoms with Crippen LogP contribution in [0.5, 0.6) is 0 Å². The van der Waals surface area contributed by atoms with Crippen LogP contribution in [0.3, 0.4) is 0 Å². The Morgan fingerprint density at radius 1 is 1.30 bits per heavy atom. The second-order valence-electron chi connectivity index (χ2n) is 6.40. The molecule has 5 heteroatoms. The van der Waals surface area contributed by atoms with E-state index in [0.29, 0.717) is 24.9 Å². The third-order valence-electron chi connectivity index (χ3n) is 4.39. The van der Waals surface area contributed by atoms with Crippen molar-refractivity contribution in [2.24, 2.45) is 11.1 Å². The molecule has 1 aliphatic carbocycles. The minimum absolute atomic E-state index is 0.151. The quantitative estimate of drug-likeness (QED) is 0.868. The van der Waals surface area contributed by atoms with Crippen molar-refractivity contribution in [2.75, 3.05) is 13.2 Å². The van der Waals surface area contributed by atoms with Crippen molar-refractivity contribution in [3.63, 3.8) is 0 Å². The van der Waals surface area contributed by atoms with Gasteiger partial charge in [-0.05, 0) is 45.6 Å². The third-order valence-corrected chi connectivity index (χ3v) is 4.39. The fourth-order valence-corrected chi connectivity index (χ4v) is 3.07. The van der Waals surface area contributed by atoms with Gasteiger partial charge < -0.3 is 15.0 Å². The van der Waals surface area contributed by atoms with Crippen LogP contribution in [0, 0.1) is 5.41 Å². The zero-order chi connectivity index (χ0) is 14.6. The van der Waals surface area contributed by atoms with Gasteiger partial charge in [-0.1, -0.05) is 24.4 Å². The largest absolute Gasteiger partial charge is 0.368 e. The molecule has 2 N–H and O–H groups in total. The smallest absolute Gasteiger partial charge is 0.227 e. The maximum absolute atomic E-state index is 6.01. The van der Waals surface area contributed by atoms with Gasteiger partial charge in [0.2, 0.25) is 11.7 Å². The van der Waals surface area contributed by atoms with E-state index < -0.39 is 5.60 Å². The summed E-state index contributed by atoms with van der Waals surface area (Å²) in [5.41, 5.74) is 5.66. The highest BCUT2D eigenvalue weighted by molar-refractivity contribution is 5.00. The SMILES string of the molecule is CCOC(C)(C)c1noc(CC2(CN)CCCCC2)n1. The van der Waals surface area contributed by atoms with Crippen molar-refractivity contribution in [3.8, 4) is 0 Å². The molecule has 0 unspecified atom stereocenters. The van der Waals surface area contributed by atoms with E-state index in [-0.39, 0.29) is 5.41 Å². The van der Waals surface area contributed by atoms with Gasteiger partial charge in [0, 0.05) is 13.0 Å². The Labute approximate surface area is 121 Å². The van der Waals surface area contributed by atoms with E-state index in [1.165, 1.54) is 19.3 Å². The Kier molecular flexibility index (Phi) is 4.81. The Bertz CT molecular complexity index is 423. The van der Waals surface area contributed by atoms with Crippen molar-refractivity contribution in [1.82, 2.24) is 10.1 Å². The summed E-state index contributed by atoms with van der Waals surface area (Å²) in [5.74, 6) is 1.32. The van der Waals surface area contributed by atoms with Gasteiger partial charge in [-0.25, -0.2) is 0 Å². The molecule has 0 atom stereocenters. The van der Waals surface area contributed by atoms with E-state index in [0.717, 1.165) is 19.3 Å². The molecule has 1 aliphatic rings. The summed E-state index contributed by atoms with van der Waals surface area (Å²) in [5, 5.41) is 4.09. The van der Waals surface area contributed by atoms with Crippen molar-refractivity contribution in [2.45, 2.75) is 64.9 Å². The summed E-state index contributed by atoms with van der Waals surface area (Å²) in [7, 11) is 0. The summed E-state index contributed by atoms with van der Waals surface area (Å²) in [6.45, 7) is 7.21. The van der Waals surface area contributed by atoms with Crippen molar-refractivity contribution < 1.29 is 9.26 Å². The van der Waals surface area contributed by atoms with E-state index in [9.17, 15) is 0 Å². The molecule has 1 heterocycles. The number of rotatable bonds is 6. The van der Waals surface area contributed by atoms with Crippen LogP contribution in [0.4, 0.5) is 0 Å². The van der Waals surface area contributed by atoms with Crippen LogP contribution in [0.25, 0.3) is 0 Å². The van der Waals surface area contributed by atoms with Gasteiger partial charge in [-0.2, -0.15) is 4.98 Å². The zero-order valence-corrected chi connectivity index (χ0v) is 12.9. The molecule has 2 rings (SSSR count). The molecule has 0 saturated heterocycles. The molecular formula is C15H27N3O2. The van der Waals surface area contributed by atoms with Crippen molar-refractivity contribution in [1.29, 1.82) is 0 Å². The van der Waals surface area contributed by atoms with E-state index in [1.54, 1.807) is 0 Å². The molecule has 1 aromatic rings. The first kappa shape index (κ1) is 15.4. The Morgan fingerprint density at radius 3 is 2.60 bits per heavy atom. The maximum Gasteiger partial charge on any atom is 0.227 e. The lowest BCUT2D eigenvalue weighted by molar-refractivity contribution is -0.0221. The van der Waals surface area contributed by atoms with Crippen LogP contribution in [0.2, 0.25) is 0 Å². The molecule has 5 nitrogen and oxygen atoms in total.